The number of hydrogen-bond acceptors (Lipinski definition) is 6. The van der Waals surface area contributed by atoms with Gasteiger partial charge in [-0.15, -0.1) is 0 Å². The number of ether oxygens (including phenoxy) is 2. The fourth-order valence-electron chi connectivity index (χ4n) is 4.85. The minimum absolute atomic E-state index is 0.118. The summed E-state index contributed by atoms with van der Waals surface area (Å²) in [5.41, 5.74) is -3.65. The first-order chi connectivity index (χ1) is 12.4. The Morgan fingerprint density at radius 2 is 1.42 bits per heavy atom. The minimum atomic E-state index is -1.70. The van der Waals surface area contributed by atoms with Crippen molar-refractivity contribution in [3.63, 3.8) is 0 Å². The molecule has 0 aliphatic heterocycles. The maximum absolute atomic E-state index is 9.98. The summed E-state index contributed by atoms with van der Waals surface area (Å²) in [7, 11) is 0. The Morgan fingerprint density at radius 3 is 1.81 bits per heavy atom. The molecule has 0 aromatic rings. The highest BCUT2D eigenvalue weighted by Crippen LogP contribution is 2.71. The highest BCUT2D eigenvalue weighted by atomic mass is 16.5. The van der Waals surface area contributed by atoms with E-state index in [9.17, 15) is 21.0 Å². The summed E-state index contributed by atoms with van der Waals surface area (Å²) in [6.07, 6.45) is 3.04. The van der Waals surface area contributed by atoms with E-state index in [1.54, 1.807) is 0 Å². The molecule has 0 amide bonds. The molecule has 0 unspecified atom stereocenters. The van der Waals surface area contributed by atoms with Crippen molar-refractivity contribution in [2.75, 3.05) is 26.4 Å². The molecule has 0 saturated heterocycles. The average molecular weight is 352 g/mol. The molecular formula is C20H24N4O2. The van der Waals surface area contributed by atoms with Gasteiger partial charge in [-0.25, -0.2) is 0 Å². The smallest absolute Gasteiger partial charge is 0.184 e. The lowest BCUT2D eigenvalue weighted by atomic mass is 9.37. The van der Waals surface area contributed by atoms with Crippen LogP contribution in [0.2, 0.25) is 0 Å². The molecule has 0 aromatic heterocycles. The molecule has 1 saturated carbocycles. The van der Waals surface area contributed by atoms with Crippen molar-refractivity contribution < 1.29 is 9.47 Å². The van der Waals surface area contributed by atoms with Crippen LogP contribution >= 0.6 is 0 Å². The predicted molar refractivity (Wildman–Crippen MR) is 92.8 cm³/mol. The second kappa shape index (κ2) is 7.09. The van der Waals surface area contributed by atoms with Crippen LogP contribution in [-0.4, -0.2) is 26.4 Å². The molecule has 0 atom stereocenters. The van der Waals surface area contributed by atoms with Crippen LogP contribution < -0.4 is 0 Å². The van der Waals surface area contributed by atoms with Gasteiger partial charge in [0.1, 0.15) is 0 Å². The Hall–Kier alpha value is -2.38. The molecular weight excluding hydrogens is 328 g/mol. The molecule has 6 heteroatoms. The summed E-state index contributed by atoms with van der Waals surface area (Å²) in [6.45, 7) is 7.76. The van der Waals surface area contributed by atoms with Gasteiger partial charge in [0.25, 0.3) is 0 Å². The summed E-state index contributed by atoms with van der Waals surface area (Å²) < 4.78 is 11.3. The van der Waals surface area contributed by atoms with Gasteiger partial charge in [0.05, 0.1) is 37.5 Å². The van der Waals surface area contributed by atoms with Crippen molar-refractivity contribution in [2.45, 2.75) is 40.0 Å². The molecule has 0 radical (unpaired) electrons. The highest BCUT2D eigenvalue weighted by Gasteiger charge is 2.73. The molecule has 136 valence electrons. The Morgan fingerprint density at radius 1 is 0.923 bits per heavy atom. The van der Waals surface area contributed by atoms with Gasteiger partial charge in [-0.2, -0.15) is 21.0 Å². The van der Waals surface area contributed by atoms with E-state index in [4.69, 9.17) is 9.47 Å². The van der Waals surface area contributed by atoms with Crippen LogP contribution in [0.5, 0.6) is 0 Å². The third-order valence-electron chi connectivity index (χ3n) is 5.78. The van der Waals surface area contributed by atoms with Gasteiger partial charge in [-0.05, 0) is 33.6 Å². The van der Waals surface area contributed by atoms with Gasteiger partial charge < -0.3 is 9.47 Å². The van der Waals surface area contributed by atoms with Crippen LogP contribution in [0.4, 0.5) is 0 Å². The standard InChI is InChI=1S/C20H24N4O2/c1-4-25-14-17(15-26-5-2)8-18(9-17)6-16(3)7-19(10-21,11-22)20(18,12-23)13-24/h6H,4-5,7-9,14-15H2,1-3H3. The number of allylic oxidation sites excluding steroid dienone is 2. The second-order valence-electron chi connectivity index (χ2n) is 7.55. The van der Waals surface area contributed by atoms with Crippen LogP contribution in [0.15, 0.2) is 11.6 Å². The van der Waals surface area contributed by atoms with E-state index < -0.39 is 16.2 Å². The lowest BCUT2D eigenvalue weighted by Crippen LogP contribution is -2.63. The normalized spacial score (nSPS) is 23.4. The van der Waals surface area contributed by atoms with Crippen molar-refractivity contribution in [2.24, 2.45) is 21.7 Å². The van der Waals surface area contributed by atoms with Crippen molar-refractivity contribution in [3.05, 3.63) is 11.6 Å². The number of hydrogen-bond donors (Lipinski definition) is 0. The molecule has 26 heavy (non-hydrogen) atoms. The molecule has 6 nitrogen and oxygen atoms in total. The zero-order valence-corrected chi connectivity index (χ0v) is 15.6. The average Bonchev–Trinajstić information content (AvgIpc) is 2.62. The van der Waals surface area contributed by atoms with E-state index in [1.807, 2.05) is 39.0 Å². The summed E-state index contributed by atoms with van der Waals surface area (Å²) in [5.74, 6) is 0. The van der Waals surface area contributed by atoms with Gasteiger partial charge in [-0.1, -0.05) is 11.6 Å². The molecule has 2 aliphatic rings. The first-order valence-electron chi connectivity index (χ1n) is 8.87. The fourth-order valence-corrected chi connectivity index (χ4v) is 4.85. The zero-order chi connectivity index (χ0) is 19.5. The first kappa shape index (κ1) is 19.9. The fraction of sp³-hybridized carbons (Fsp3) is 0.700. The largest absolute Gasteiger partial charge is 0.381 e. The molecule has 1 spiro atoms. The van der Waals surface area contributed by atoms with E-state index >= 15 is 0 Å². The number of nitriles is 4. The first-order valence-corrected chi connectivity index (χ1v) is 8.87. The minimum Gasteiger partial charge on any atom is -0.381 e. The van der Waals surface area contributed by atoms with E-state index in [1.165, 1.54) is 0 Å². The van der Waals surface area contributed by atoms with Crippen molar-refractivity contribution in [1.29, 1.82) is 21.0 Å². The molecule has 2 rings (SSSR count). The Labute approximate surface area is 155 Å². The highest BCUT2D eigenvalue weighted by molar-refractivity contribution is 5.47. The molecule has 0 aromatic carbocycles. The summed E-state index contributed by atoms with van der Waals surface area (Å²) in [5, 5.41) is 39.5. The van der Waals surface area contributed by atoms with Crippen LogP contribution in [0.3, 0.4) is 0 Å². The monoisotopic (exact) mass is 352 g/mol. The van der Waals surface area contributed by atoms with Crippen LogP contribution in [-0.2, 0) is 9.47 Å². The summed E-state index contributed by atoms with van der Waals surface area (Å²) in [4.78, 5) is 0. The van der Waals surface area contributed by atoms with Gasteiger partial charge in [0.15, 0.2) is 10.8 Å². The zero-order valence-electron chi connectivity index (χ0n) is 15.6. The Kier molecular flexibility index (Phi) is 5.44. The third-order valence-corrected chi connectivity index (χ3v) is 5.78. The van der Waals surface area contributed by atoms with E-state index in [2.05, 4.69) is 12.1 Å². The third kappa shape index (κ3) is 2.59. The van der Waals surface area contributed by atoms with Crippen LogP contribution in [0.25, 0.3) is 0 Å². The maximum Gasteiger partial charge on any atom is 0.184 e. The van der Waals surface area contributed by atoms with Gasteiger partial charge in [-0.3, -0.25) is 0 Å². The van der Waals surface area contributed by atoms with E-state index in [-0.39, 0.29) is 11.8 Å². The topological polar surface area (TPSA) is 114 Å². The van der Waals surface area contributed by atoms with E-state index in [0.717, 1.165) is 5.57 Å². The van der Waals surface area contributed by atoms with Crippen LogP contribution in [0.1, 0.15) is 40.0 Å². The van der Waals surface area contributed by atoms with Gasteiger partial charge in [0.2, 0.25) is 0 Å². The lowest BCUT2D eigenvalue weighted by molar-refractivity contribution is -0.153. The van der Waals surface area contributed by atoms with E-state index in [0.29, 0.717) is 39.3 Å². The van der Waals surface area contributed by atoms with Crippen LogP contribution in [0, 0.1) is 67.0 Å². The molecule has 0 bridgehead atoms. The summed E-state index contributed by atoms with van der Waals surface area (Å²) in [6, 6.07) is 8.22. The van der Waals surface area contributed by atoms with Crippen molar-refractivity contribution in [1.82, 2.24) is 0 Å². The molecule has 0 heterocycles. The molecule has 1 fully saturated rings. The maximum atomic E-state index is 9.98. The molecule has 2 aliphatic carbocycles. The Bertz CT molecular complexity index is 713. The SMILES string of the molecule is CCOCC1(COCC)CC2(C=C(C)CC(C#N)(C#N)C2(C#N)C#N)C1. The van der Waals surface area contributed by atoms with Gasteiger partial charge >= 0.3 is 0 Å². The molecule has 0 N–H and O–H groups in total. The van der Waals surface area contributed by atoms with Crippen molar-refractivity contribution in [3.8, 4) is 24.3 Å². The quantitative estimate of drug-likeness (QED) is 0.678. The summed E-state index contributed by atoms with van der Waals surface area (Å²) >= 11 is 0. The second-order valence-corrected chi connectivity index (χ2v) is 7.55. The number of rotatable bonds is 6. The van der Waals surface area contributed by atoms with Crippen molar-refractivity contribution >= 4 is 0 Å². The Balaban J connectivity index is 2.52. The van der Waals surface area contributed by atoms with Gasteiger partial charge in [0, 0.05) is 30.5 Å². The predicted octanol–water partition coefficient (Wildman–Crippen LogP) is 3.24. The lowest BCUT2D eigenvalue weighted by Gasteiger charge is -2.62. The number of nitrogens with zero attached hydrogens (tertiary/aromatic N) is 4.